The lowest BCUT2D eigenvalue weighted by molar-refractivity contribution is -0.134. The number of benzene rings is 3. The van der Waals surface area contributed by atoms with Crippen LogP contribution < -0.4 is 10.1 Å². The lowest BCUT2D eigenvalue weighted by atomic mass is 10.2. The Balaban J connectivity index is 1.36. The van der Waals surface area contributed by atoms with Gasteiger partial charge in [-0.15, -0.1) is 0 Å². The number of hydrogen-bond donors (Lipinski definition) is 1. The van der Waals surface area contributed by atoms with Crippen LogP contribution in [0.4, 0.5) is 0 Å². The number of amides is 2. The fourth-order valence-electron chi connectivity index (χ4n) is 4.26. The van der Waals surface area contributed by atoms with Crippen molar-refractivity contribution in [2.45, 2.75) is 45.8 Å². The smallest absolute Gasteiger partial charge is 0.257 e. The normalized spacial score (nSPS) is 11.1. The molecule has 0 aliphatic heterocycles. The zero-order valence-electron chi connectivity index (χ0n) is 21.8. The first-order chi connectivity index (χ1) is 18.4. The van der Waals surface area contributed by atoms with Gasteiger partial charge in [-0.05, 0) is 62.2 Å². The Kier molecular flexibility index (Phi) is 9.38. The van der Waals surface area contributed by atoms with Gasteiger partial charge in [0.15, 0.2) is 6.61 Å². The monoisotopic (exact) mass is 532 g/mol. The molecule has 0 spiro atoms. The quantitative estimate of drug-likeness (QED) is 0.253. The lowest BCUT2D eigenvalue weighted by Gasteiger charge is -2.27. The molecule has 2 amide bonds. The molecule has 38 heavy (non-hydrogen) atoms. The summed E-state index contributed by atoms with van der Waals surface area (Å²) >= 11 is 5.87. The number of aromatic nitrogens is 2. The van der Waals surface area contributed by atoms with E-state index in [4.69, 9.17) is 21.3 Å². The number of imidazole rings is 1. The van der Waals surface area contributed by atoms with Gasteiger partial charge in [0.25, 0.3) is 5.91 Å². The predicted octanol–water partition coefficient (Wildman–Crippen LogP) is 5.25. The molecule has 0 fully saturated rings. The molecule has 0 aliphatic carbocycles. The van der Waals surface area contributed by atoms with Crippen molar-refractivity contribution in [2.24, 2.45) is 0 Å². The summed E-state index contributed by atoms with van der Waals surface area (Å²) < 4.78 is 7.50. The van der Waals surface area contributed by atoms with Crippen molar-refractivity contribution < 1.29 is 14.3 Å². The number of nitrogens with zero attached hydrogens (tertiary/aromatic N) is 3. The number of halogens is 1. The maximum Gasteiger partial charge on any atom is 0.257 e. The molecule has 1 heterocycles. The molecule has 198 valence electrons. The largest absolute Gasteiger partial charge is 0.484 e. The molecule has 4 aromatic rings. The van der Waals surface area contributed by atoms with Gasteiger partial charge in [0.1, 0.15) is 18.1 Å². The second-order valence-electron chi connectivity index (χ2n) is 9.40. The number of hydrogen-bond acceptors (Lipinski definition) is 4. The van der Waals surface area contributed by atoms with Gasteiger partial charge in [-0.2, -0.15) is 0 Å². The first kappa shape index (κ1) is 27.2. The maximum absolute atomic E-state index is 13.5. The summed E-state index contributed by atoms with van der Waals surface area (Å²) in [7, 11) is 0. The highest BCUT2D eigenvalue weighted by molar-refractivity contribution is 6.30. The number of para-hydroxylation sites is 2. The number of carbonyl (C=O) groups excluding carboxylic acids is 2. The Bertz CT molecular complexity index is 1350. The predicted molar refractivity (Wildman–Crippen MR) is 150 cm³/mol. The summed E-state index contributed by atoms with van der Waals surface area (Å²) in [4.78, 5) is 32.4. The van der Waals surface area contributed by atoms with E-state index in [0.29, 0.717) is 36.7 Å². The van der Waals surface area contributed by atoms with Crippen LogP contribution in [0.25, 0.3) is 11.0 Å². The average Bonchev–Trinajstić information content (AvgIpc) is 3.26. The Morgan fingerprint density at radius 2 is 1.71 bits per heavy atom. The molecule has 0 bridgehead atoms. The number of rotatable bonds is 12. The highest BCUT2D eigenvalue weighted by Gasteiger charge is 2.20. The number of nitrogens with one attached hydrogen (secondary N) is 1. The molecule has 4 rings (SSSR count). The van der Waals surface area contributed by atoms with E-state index in [2.05, 4.69) is 5.32 Å². The Labute approximate surface area is 228 Å². The van der Waals surface area contributed by atoms with Gasteiger partial charge in [-0.25, -0.2) is 4.98 Å². The summed E-state index contributed by atoms with van der Waals surface area (Å²) in [6.45, 7) is 5.25. The first-order valence-corrected chi connectivity index (χ1v) is 13.2. The third-order valence-corrected chi connectivity index (χ3v) is 6.50. The zero-order valence-corrected chi connectivity index (χ0v) is 22.5. The minimum atomic E-state index is -0.197. The average molecular weight is 533 g/mol. The molecule has 0 radical (unpaired) electrons. The van der Waals surface area contributed by atoms with Gasteiger partial charge in [-0.3, -0.25) is 9.59 Å². The summed E-state index contributed by atoms with van der Waals surface area (Å²) in [5.41, 5.74) is 2.88. The van der Waals surface area contributed by atoms with Crippen LogP contribution in [0.3, 0.4) is 0 Å². The van der Waals surface area contributed by atoms with Crippen LogP contribution in [0.15, 0.2) is 78.9 Å². The summed E-state index contributed by atoms with van der Waals surface area (Å²) in [6.07, 6.45) is 1.31. The van der Waals surface area contributed by atoms with Crippen LogP contribution in [0.2, 0.25) is 5.02 Å². The maximum atomic E-state index is 13.5. The second kappa shape index (κ2) is 13.1. The van der Waals surface area contributed by atoms with Crippen molar-refractivity contribution in [3.05, 3.63) is 95.3 Å². The van der Waals surface area contributed by atoms with E-state index < -0.39 is 0 Å². The number of carbonyl (C=O) groups is 2. The van der Waals surface area contributed by atoms with Crippen LogP contribution in [0.1, 0.15) is 31.7 Å². The molecule has 0 saturated carbocycles. The van der Waals surface area contributed by atoms with Gasteiger partial charge < -0.3 is 19.5 Å². The number of fused-ring (bicyclic) bond motifs is 1. The van der Waals surface area contributed by atoms with E-state index in [9.17, 15) is 9.59 Å². The molecular weight excluding hydrogens is 500 g/mol. The van der Waals surface area contributed by atoms with Gasteiger partial charge in [-0.1, -0.05) is 54.1 Å². The SMILES string of the molecule is CC(C)N(Cc1ccccc1)C(=O)Cn1c(CCCNC(=O)COc2ccc(Cl)cc2)nc2ccccc21. The molecule has 0 atom stereocenters. The Morgan fingerprint density at radius 1 is 1.00 bits per heavy atom. The summed E-state index contributed by atoms with van der Waals surface area (Å²) in [5, 5.41) is 3.50. The van der Waals surface area contributed by atoms with Gasteiger partial charge in [0.2, 0.25) is 5.91 Å². The number of aryl methyl sites for hydroxylation is 1. The fraction of sp³-hybridized carbons (Fsp3) is 0.300. The highest BCUT2D eigenvalue weighted by Crippen LogP contribution is 2.19. The van der Waals surface area contributed by atoms with Crippen molar-refractivity contribution in [2.75, 3.05) is 13.2 Å². The highest BCUT2D eigenvalue weighted by atomic mass is 35.5. The van der Waals surface area contributed by atoms with Crippen LogP contribution in [0, 0.1) is 0 Å². The standard InChI is InChI=1S/C30H33ClN4O3/c1-22(2)34(19-23-9-4-3-5-10-23)30(37)20-35-27-12-7-6-11-26(27)33-28(35)13-8-18-32-29(36)21-38-25-16-14-24(31)15-17-25/h3-7,9-12,14-17,22H,8,13,18-21H2,1-2H3,(H,32,36). The first-order valence-electron chi connectivity index (χ1n) is 12.8. The van der Waals surface area contributed by atoms with Gasteiger partial charge in [0.05, 0.1) is 11.0 Å². The molecular formula is C30H33ClN4O3. The third-order valence-electron chi connectivity index (χ3n) is 6.25. The van der Waals surface area contributed by atoms with Crippen LogP contribution in [-0.2, 0) is 29.1 Å². The molecule has 0 unspecified atom stereocenters. The van der Waals surface area contributed by atoms with Crippen molar-refractivity contribution in [3.63, 3.8) is 0 Å². The van der Waals surface area contributed by atoms with Crippen LogP contribution in [0.5, 0.6) is 5.75 Å². The van der Waals surface area contributed by atoms with Gasteiger partial charge in [0, 0.05) is 30.6 Å². The Hall–Kier alpha value is -3.84. The zero-order chi connectivity index (χ0) is 26.9. The van der Waals surface area contributed by atoms with E-state index in [-0.39, 0.29) is 31.0 Å². The molecule has 1 N–H and O–H groups in total. The van der Waals surface area contributed by atoms with Crippen LogP contribution >= 0.6 is 11.6 Å². The fourth-order valence-corrected chi connectivity index (χ4v) is 4.39. The Morgan fingerprint density at radius 3 is 2.45 bits per heavy atom. The molecule has 8 heteroatoms. The molecule has 0 aliphatic rings. The summed E-state index contributed by atoms with van der Waals surface area (Å²) in [5.74, 6) is 1.26. The van der Waals surface area contributed by atoms with Gasteiger partial charge >= 0.3 is 0 Å². The van der Waals surface area contributed by atoms with Crippen molar-refractivity contribution in [1.29, 1.82) is 0 Å². The molecule has 1 aromatic heterocycles. The number of ether oxygens (including phenoxy) is 1. The third kappa shape index (κ3) is 7.35. The molecule has 3 aromatic carbocycles. The molecule has 0 saturated heterocycles. The van der Waals surface area contributed by atoms with Crippen molar-refractivity contribution >= 4 is 34.4 Å². The molecule has 7 nitrogen and oxygen atoms in total. The lowest BCUT2D eigenvalue weighted by Crippen LogP contribution is -2.38. The minimum absolute atomic E-state index is 0.0425. The van der Waals surface area contributed by atoms with Crippen molar-refractivity contribution in [1.82, 2.24) is 19.8 Å². The van der Waals surface area contributed by atoms with E-state index in [1.54, 1.807) is 24.3 Å². The topological polar surface area (TPSA) is 76.5 Å². The van der Waals surface area contributed by atoms with E-state index in [0.717, 1.165) is 22.4 Å². The van der Waals surface area contributed by atoms with E-state index in [1.165, 1.54) is 0 Å². The second-order valence-corrected chi connectivity index (χ2v) is 9.84. The van der Waals surface area contributed by atoms with Crippen molar-refractivity contribution in [3.8, 4) is 5.75 Å². The van der Waals surface area contributed by atoms with E-state index >= 15 is 0 Å². The van der Waals surface area contributed by atoms with Crippen LogP contribution in [-0.4, -0.2) is 45.5 Å². The summed E-state index contributed by atoms with van der Waals surface area (Å²) in [6, 6.07) is 24.8. The van der Waals surface area contributed by atoms with E-state index in [1.807, 2.05) is 77.9 Å². The minimum Gasteiger partial charge on any atom is -0.484 e.